The van der Waals surface area contributed by atoms with Crippen molar-refractivity contribution in [3.05, 3.63) is 29.3 Å². The van der Waals surface area contributed by atoms with Gasteiger partial charge in [-0.2, -0.15) is 0 Å². The van der Waals surface area contributed by atoms with Crippen LogP contribution < -0.4 is 0 Å². The van der Waals surface area contributed by atoms with Crippen molar-refractivity contribution >= 4 is 0 Å². The Morgan fingerprint density at radius 2 is 2.00 bits per heavy atom. The summed E-state index contributed by atoms with van der Waals surface area (Å²) in [5.41, 5.74) is 1.29. The number of phenolic OH excluding ortho intramolecular Hbond substituents is 1. The topological polar surface area (TPSA) is 58.9 Å². The standard InChI is InChI=1S/C11H14O4/c1-11(14-4-5-15-11)9-6-8(7-12)2-3-10(9)13/h2-3,6,12-13H,4-5,7H2,1H3. The van der Waals surface area contributed by atoms with Gasteiger partial charge in [0.25, 0.3) is 0 Å². The van der Waals surface area contributed by atoms with Crippen molar-refractivity contribution in [1.82, 2.24) is 0 Å². The molecule has 4 heteroatoms. The van der Waals surface area contributed by atoms with E-state index in [0.29, 0.717) is 18.8 Å². The van der Waals surface area contributed by atoms with Crippen LogP contribution in [0.15, 0.2) is 18.2 Å². The monoisotopic (exact) mass is 210 g/mol. The molecule has 0 amide bonds. The van der Waals surface area contributed by atoms with Gasteiger partial charge in [-0.1, -0.05) is 6.07 Å². The zero-order chi connectivity index (χ0) is 10.9. The number of aliphatic hydroxyl groups excluding tert-OH is 1. The van der Waals surface area contributed by atoms with Gasteiger partial charge in [0.05, 0.1) is 25.4 Å². The van der Waals surface area contributed by atoms with Gasteiger partial charge in [0.15, 0.2) is 5.79 Å². The second-order valence-corrected chi connectivity index (χ2v) is 3.65. The van der Waals surface area contributed by atoms with Crippen LogP contribution in [0.3, 0.4) is 0 Å². The van der Waals surface area contributed by atoms with Gasteiger partial charge in [-0.3, -0.25) is 0 Å². The molecule has 1 fully saturated rings. The summed E-state index contributed by atoms with van der Waals surface area (Å²) in [5, 5.41) is 18.7. The first-order chi connectivity index (χ1) is 7.15. The molecule has 1 aromatic carbocycles. The lowest BCUT2D eigenvalue weighted by molar-refractivity contribution is -0.150. The van der Waals surface area contributed by atoms with Crippen LogP contribution in [0.5, 0.6) is 5.75 Å². The third-order valence-corrected chi connectivity index (χ3v) is 2.57. The molecular weight excluding hydrogens is 196 g/mol. The fourth-order valence-corrected chi connectivity index (χ4v) is 1.72. The zero-order valence-corrected chi connectivity index (χ0v) is 8.56. The van der Waals surface area contributed by atoms with E-state index in [1.54, 1.807) is 19.1 Å². The van der Waals surface area contributed by atoms with Gasteiger partial charge in [0, 0.05) is 0 Å². The Morgan fingerprint density at radius 1 is 1.33 bits per heavy atom. The van der Waals surface area contributed by atoms with Crippen molar-refractivity contribution in [3.63, 3.8) is 0 Å². The van der Waals surface area contributed by atoms with Crippen molar-refractivity contribution in [2.75, 3.05) is 13.2 Å². The highest BCUT2D eigenvalue weighted by Gasteiger charge is 2.35. The smallest absolute Gasteiger partial charge is 0.195 e. The van der Waals surface area contributed by atoms with Crippen LogP contribution in [-0.4, -0.2) is 23.4 Å². The summed E-state index contributed by atoms with van der Waals surface area (Å²) in [7, 11) is 0. The minimum Gasteiger partial charge on any atom is -0.507 e. The lowest BCUT2D eigenvalue weighted by atomic mass is 10.0. The maximum atomic E-state index is 9.71. The molecule has 0 bridgehead atoms. The van der Waals surface area contributed by atoms with Gasteiger partial charge in [0.2, 0.25) is 0 Å². The predicted octanol–water partition coefficient (Wildman–Crippen LogP) is 1.10. The van der Waals surface area contributed by atoms with Gasteiger partial charge in [-0.25, -0.2) is 0 Å². The molecule has 2 rings (SSSR count). The van der Waals surface area contributed by atoms with E-state index in [1.165, 1.54) is 6.07 Å². The molecule has 4 nitrogen and oxygen atoms in total. The minimum absolute atomic E-state index is 0.0661. The average molecular weight is 210 g/mol. The Bertz CT molecular complexity index is 356. The SMILES string of the molecule is CC1(c2cc(CO)ccc2O)OCCO1. The van der Waals surface area contributed by atoms with Gasteiger partial charge in [-0.05, 0) is 24.6 Å². The summed E-state index contributed by atoms with van der Waals surface area (Å²) in [6, 6.07) is 4.90. The lowest BCUT2D eigenvalue weighted by Gasteiger charge is -2.24. The zero-order valence-electron chi connectivity index (χ0n) is 8.56. The van der Waals surface area contributed by atoms with Crippen molar-refractivity contribution in [1.29, 1.82) is 0 Å². The fraction of sp³-hybridized carbons (Fsp3) is 0.455. The van der Waals surface area contributed by atoms with Crippen molar-refractivity contribution < 1.29 is 19.7 Å². The molecule has 1 heterocycles. The van der Waals surface area contributed by atoms with Gasteiger partial charge in [-0.15, -0.1) is 0 Å². The van der Waals surface area contributed by atoms with Crippen LogP contribution in [0.25, 0.3) is 0 Å². The number of aliphatic hydroxyl groups is 1. The van der Waals surface area contributed by atoms with Crippen LogP contribution in [0.4, 0.5) is 0 Å². The second kappa shape index (κ2) is 3.81. The van der Waals surface area contributed by atoms with Crippen LogP contribution in [-0.2, 0) is 21.9 Å². The maximum Gasteiger partial charge on any atom is 0.195 e. The molecule has 0 aliphatic carbocycles. The van der Waals surface area contributed by atoms with E-state index in [-0.39, 0.29) is 12.4 Å². The number of benzene rings is 1. The lowest BCUT2D eigenvalue weighted by Crippen LogP contribution is -2.22. The number of aromatic hydroxyl groups is 1. The third-order valence-electron chi connectivity index (χ3n) is 2.57. The third kappa shape index (κ3) is 1.84. The van der Waals surface area contributed by atoms with Crippen molar-refractivity contribution in [2.24, 2.45) is 0 Å². The second-order valence-electron chi connectivity index (χ2n) is 3.65. The summed E-state index contributed by atoms with van der Waals surface area (Å²) in [5.74, 6) is -0.772. The predicted molar refractivity (Wildman–Crippen MR) is 53.3 cm³/mol. The Balaban J connectivity index is 2.41. The Kier molecular flexibility index (Phi) is 2.65. The summed E-state index contributed by atoms with van der Waals surface area (Å²) < 4.78 is 10.9. The first kappa shape index (κ1) is 10.4. The molecule has 1 aromatic rings. The largest absolute Gasteiger partial charge is 0.507 e. The van der Waals surface area contributed by atoms with Gasteiger partial charge in [0.1, 0.15) is 5.75 Å². The first-order valence-electron chi connectivity index (χ1n) is 4.87. The van der Waals surface area contributed by atoms with Crippen LogP contribution in [0, 0.1) is 0 Å². The molecule has 0 spiro atoms. The molecule has 15 heavy (non-hydrogen) atoms. The van der Waals surface area contributed by atoms with E-state index in [9.17, 15) is 5.11 Å². The summed E-state index contributed by atoms with van der Waals surface area (Å²) in [6.07, 6.45) is 0. The molecule has 0 unspecified atom stereocenters. The van der Waals surface area contributed by atoms with Crippen molar-refractivity contribution in [3.8, 4) is 5.75 Å². The van der Waals surface area contributed by atoms with E-state index < -0.39 is 5.79 Å². The number of ether oxygens (including phenoxy) is 2. The van der Waals surface area contributed by atoms with Crippen LogP contribution >= 0.6 is 0 Å². The molecule has 2 N–H and O–H groups in total. The number of hydrogen-bond donors (Lipinski definition) is 2. The quantitative estimate of drug-likeness (QED) is 0.767. The minimum atomic E-state index is -0.894. The highest BCUT2D eigenvalue weighted by Crippen LogP contribution is 2.36. The molecule has 0 atom stereocenters. The number of hydrogen-bond acceptors (Lipinski definition) is 4. The van der Waals surface area contributed by atoms with Crippen LogP contribution in [0.1, 0.15) is 18.1 Å². The van der Waals surface area contributed by atoms with E-state index in [1.807, 2.05) is 0 Å². The molecule has 82 valence electrons. The van der Waals surface area contributed by atoms with Crippen molar-refractivity contribution in [2.45, 2.75) is 19.3 Å². The average Bonchev–Trinajstić information content (AvgIpc) is 2.67. The normalized spacial score (nSPS) is 19.3. The Morgan fingerprint density at radius 3 is 2.60 bits per heavy atom. The molecular formula is C11H14O4. The van der Waals surface area contributed by atoms with Crippen LogP contribution in [0.2, 0.25) is 0 Å². The Labute approximate surface area is 88.1 Å². The summed E-state index contributed by atoms with van der Waals surface area (Å²) >= 11 is 0. The van der Waals surface area contributed by atoms with E-state index in [2.05, 4.69) is 0 Å². The number of rotatable bonds is 2. The summed E-state index contributed by atoms with van der Waals surface area (Å²) in [6.45, 7) is 2.72. The first-order valence-corrected chi connectivity index (χ1v) is 4.87. The Hall–Kier alpha value is -1.10. The highest BCUT2D eigenvalue weighted by molar-refractivity contribution is 5.39. The molecule has 1 aliphatic rings. The molecule has 0 radical (unpaired) electrons. The van der Waals surface area contributed by atoms with E-state index >= 15 is 0 Å². The van der Waals surface area contributed by atoms with Gasteiger partial charge >= 0.3 is 0 Å². The van der Waals surface area contributed by atoms with E-state index in [0.717, 1.165) is 5.56 Å². The molecule has 0 aromatic heterocycles. The number of phenols is 1. The highest BCUT2D eigenvalue weighted by atomic mass is 16.7. The van der Waals surface area contributed by atoms with Gasteiger partial charge < -0.3 is 19.7 Å². The summed E-state index contributed by atoms with van der Waals surface area (Å²) in [4.78, 5) is 0. The molecule has 0 saturated carbocycles. The van der Waals surface area contributed by atoms with E-state index in [4.69, 9.17) is 14.6 Å². The fourth-order valence-electron chi connectivity index (χ4n) is 1.72. The molecule has 1 aliphatic heterocycles. The molecule has 1 saturated heterocycles. The maximum absolute atomic E-state index is 9.71.